The van der Waals surface area contributed by atoms with Crippen LogP contribution in [0.2, 0.25) is 0 Å². The summed E-state index contributed by atoms with van der Waals surface area (Å²) in [5, 5.41) is 8.49. The molecule has 1 atom stereocenters. The van der Waals surface area contributed by atoms with E-state index in [1.54, 1.807) is 11.3 Å². The molecule has 0 fully saturated rings. The highest BCUT2D eigenvalue weighted by atomic mass is 32.2. The number of thiophene rings is 1. The van der Waals surface area contributed by atoms with Crippen LogP contribution in [0.25, 0.3) is 10.2 Å². The fourth-order valence-electron chi connectivity index (χ4n) is 1.92. The quantitative estimate of drug-likeness (QED) is 0.760. The maximum atomic E-state index is 4.66. The Labute approximate surface area is 135 Å². The predicted octanol–water partition coefficient (Wildman–Crippen LogP) is 4.24. The standard InChI is InChI=1S/C15H24N4S2/c1-5-7-16-15-18-13(17-9-10(3)20-4)12-8-11(6-2)21-14(12)19-15/h8,10H,5-7,9H2,1-4H3,(H2,16,17,18,19). The van der Waals surface area contributed by atoms with E-state index in [0.29, 0.717) is 5.25 Å². The van der Waals surface area contributed by atoms with Crippen LogP contribution in [-0.2, 0) is 6.42 Å². The molecule has 2 aromatic rings. The molecule has 0 bridgehead atoms. The van der Waals surface area contributed by atoms with Crippen LogP contribution in [-0.4, -0.2) is 34.6 Å². The van der Waals surface area contributed by atoms with Crippen LogP contribution in [0.3, 0.4) is 0 Å². The first-order valence-electron chi connectivity index (χ1n) is 7.48. The Hall–Kier alpha value is -1.01. The Morgan fingerprint density at radius 1 is 1.29 bits per heavy atom. The van der Waals surface area contributed by atoms with E-state index < -0.39 is 0 Å². The number of fused-ring (bicyclic) bond motifs is 1. The van der Waals surface area contributed by atoms with Gasteiger partial charge in [0.2, 0.25) is 5.95 Å². The molecule has 0 aliphatic rings. The largest absolute Gasteiger partial charge is 0.368 e. The highest BCUT2D eigenvalue weighted by Gasteiger charge is 2.12. The maximum Gasteiger partial charge on any atom is 0.226 e. The van der Waals surface area contributed by atoms with E-state index in [1.165, 1.54) is 4.88 Å². The van der Waals surface area contributed by atoms with Gasteiger partial charge < -0.3 is 10.6 Å². The van der Waals surface area contributed by atoms with Crippen molar-refractivity contribution in [2.75, 3.05) is 30.0 Å². The van der Waals surface area contributed by atoms with E-state index in [9.17, 15) is 0 Å². The van der Waals surface area contributed by atoms with Crippen LogP contribution < -0.4 is 10.6 Å². The minimum atomic E-state index is 0.561. The summed E-state index contributed by atoms with van der Waals surface area (Å²) in [6.07, 6.45) is 4.24. The molecule has 0 aliphatic heterocycles. The lowest BCUT2D eigenvalue weighted by Crippen LogP contribution is -2.14. The summed E-state index contributed by atoms with van der Waals surface area (Å²) < 4.78 is 0. The Morgan fingerprint density at radius 3 is 2.76 bits per heavy atom. The summed E-state index contributed by atoms with van der Waals surface area (Å²) >= 11 is 3.62. The summed E-state index contributed by atoms with van der Waals surface area (Å²) in [5.41, 5.74) is 0. The van der Waals surface area contributed by atoms with Crippen molar-refractivity contribution in [1.82, 2.24) is 9.97 Å². The van der Waals surface area contributed by atoms with Gasteiger partial charge in [0.1, 0.15) is 10.6 Å². The molecule has 0 spiro atoms. The Balaban J connectivity index is 2.31. The monoisotopic (exact) mass is 324 g/mol. The minimum absolute atomic E-state index is 0.561. The molecule has 21 heavy (non-hydrogen) atoms. The average Bonchev–Trinajstić information content (AvgIpc) is 2.93. The summed E-state index contributed by atoms with van der Waals surface area (Å²) in [5.74, 6) is 1.68. The molecule has 0 aliphatic carbocycles. The number of anilines is 2. The van der Waals surface area contributed by atoms with Gasteiger partial charge in [0.05, 0.1) is 5.39 Å². The predicted molar refractivity (Wildman–Crippen MR) is 97.0 cm³/mol. The number of rotatable bonds is 8. The van der Waals surface area contributed by atoms with Gasteiger partial charge in [-0.15, -0.1) is 11.3 Å². The molecule has 2 heterocycles. The molecule has 6 heteroatoms. The van der Waals surface area contributed by atoms with Gasteiger partial charge >= 0.3 is 0 Å². The SMILES string of the molecule is CCCNc1nc(NCC(C)SC)c2cc(CC)sc2n1. The van der Waals surface area contributed by atoms with Gasteiger partial charge in [-0.25, -0.2) is 4.98 Å². The van der Waals surface area contributed by atoms with Crippen molar-refractivity contribution in [3.8, 4) is 0 Å². The lowest BCUT2D eigenvalue weighted by Gasteiger charge is -2.12. The Kier molecular flexibility index (Phi) is 6.11. The van der Waals surface area contributed by atoms with Crippen LogP contribution in [0.1, 0.15) is 32.1 Å². The molecule has 2 rings (SSSR count). The zero-order valence-corrected chi connectivity index (χ0v) is 14.8. The lowest BCUT2D eigenvalue weighted by atomic mass is 10.3. The number of nitrogens with zero attached hydrogens (tertiary/aromatic N) is 2. The van der Waals surface area contributed by atoms with Crippen molar-refractivity contribution >= 4 is 45.1 Å². The first kappa shape index (κ1) is 16.4. The minimum Gasteiger partial charge on any atom is -0.368 e. The van der Waals surface area contributed by atoms with Gasteiger partial charge in [-0.3, -0.25) is 0 Å². The Bertz CT molecular complexity index is 582. The van der Waals surface area contributed by atoms with Crippen molar-refractivity contribution in [1.29, 1.82) is 0 Å². The van der Waals surface area contributed by atoms with Crippen LogP contribution in [0.15, 0.2) is 6.07 Å². The summed E-state index contributed by atoms with van der Waals surface area (Å²) in [6, 6.07) is 2.22. The van der Waals surface area contributed by atoms with Crippen molar-refractivity contribution in [3.63, 3.8) is 0 Å². The van der Waals surface area contributed by atoms with Gasteiger partial charge in [-0.1, -0.05) is 20.8 Å². The molecule has 0 amide bonds. The van der Waals surface area contributed by atoms with Crippen molar-refractivity contribution in [2.24, 2.45) is 0 Å². The summed E-state index contributed by atoms with van der Waals surface area (Å²) in [4.78, 5) is 11.7. The second kappa shape index (κ2) is 7.84. The number of aryl methyl sites for hydroxylation is 1. The topological polar surface area (TPSA) is 49.8 Å². The highest BCUT2D eigenvalue weighted by molar-refractivity contribution is 7.99. The van der Waals surface area contributed by atoms with Crippen LogP contribution in [0.4, 0.5) is 11.8 Å². The molecule has 4 nitrogen and oxygen atoms in total. The summed E-state index contributed by atoms with van der Waals surface area (Å²) in [7, 11) is 0. The second-order valence-corrected chi connectivity index (χ2v) is 7.43. The number of nitrogens with one attached hydrogen (secondary N) is 2. The van der Waals surface area contributed by atoms with E-state index in [1.807, 2.05) is 11.8 Å². The molecular weight excluding hydrogens is 300 g/mol. The van der Waals surface area contributed by atoms with Gasteiger partial charge in [-0.05, 0) is 25.2 Å². The van der Waals surface area contributed by atoms with Gasteiger partial charge in [0.15, 0.2) is 0 Å². The Morgan fingerprint density at radius 2 is 2.10 bits per heavy atom. The molecular formula is C15H24N4S2. The fraction of sp³-hybridized carbons (Fsp3) is 0.600. The summed E-state index contributed by atoms with van der Waals surface area (Å²) in [6.45, 7) is 8.36. The van der Waals surface area contributed by atoms with Crippen molar-refractivity contribution in [3.05, 3.63) is 10.9 Å². The van der Waals surface area contributed by atoms with Crippen LogP contribution in [0.5, 0.6) is 0 Å². The highest BCUT2D eigenvalue weighted by Crippen LogP contribution is 2.30. The zero-order valence-electron chi connectivity index (χ0n) is 13.2. The second-order valence-electron chi connectivity index (χ2n) is 5.03. The third kappa shape index (κ3) is 4.23. The molecule has 1 unspecified atom stereocenters. The van der Waals surface area contributed by atoms with Crippen LogP contribution >= 0.6 is 23.1 Å². The number of aromatic nitrogens is 2. The number of thioether (sulfide) groups is 1. The van der Waals surface area contributed by atoms with E-state index in [-0.39, 0.29) is 0 Å². The number of hydrogen-bond acceptors (Lipinski definition) is 6. The molecule has 0 radical (unpaired) electrons. The van der Waals surface area contributed by atoms with E-state index in [0.717, 1.165) is 47.9 Å². The van der Waals surface area contributed by atoms with Crippen LogP contribution in [0, 0.1) is 0 Å². The fourth-order valence-corrected chi connectivity index (χ4v) is 3.14. The zero-order chi connectivity index (χ0) is 15.2. The third-order valence-corrected chi connectivity index (χ3v) is 5.43. The van der Waals surface area contributed by atoms with Gasteiger partial charge in [0.25, 0.3) is 0 Å². The first-order chi connectivity index (χ1) is 10.2. The van der Waals surface area contributed by atoms with Gasteiger partial charge in [-0.2, -0.15) is 16.7 Å². The maximum absolute atomic E-state index is 4.66. The molecule has 2 aromatic heterocycles. The normalized spacial score (nSPS) is 12.6. The average molecular weight is 325 g/mol. The molecule has 0 saturated carbocycles. The lowest BCUT2D eigenvalue weighted by molar-refractivity contribution is 0.952. The number of hydrogen-bond donors (Lipinski definition) is 2. The van der Waals surface area contributed by atoms with Crippen molar-refractivity contribution < 1.29 is 0 Å². The van der Waals surface area contributed by atoms with Crippen molar-refractivity contribution in [2.45, 2.75) is 38.9 Å². The van der Waals surface area contributed by atoms with E-state index >= 15 is 0 Å². The van der Waals surface area contributed by atoms with E-state index in [2.05, 4.69) is 53.7 Å². The smallest absolute Gasteiger partial charge is 0.226 e. The first-order valence-corrected chi connectivity index (χ1v) is 9.59. The third-order valence-electron chi connectivity index (χ3n) is 3.28. The van der Waals surface area contributed by atoms with E-state index in [4.69, 9.17) is 0 Å². The molecule has 0 saturated heterocycles. The molecule has 2 N–H and O–H groups in total. The molecule has 0 aromatic carbocycles. The molecule has 116 valence electrons. The van der Waals surface area contributed by atoms with Gasteiger partial charge in [0, 0.05) is 23.2 Å².